The molecule has 12 heteroatoms. The van der Waals surface area contributed by atoms with Gasteiger partial charge in [-0.2, -0.15) is 9.10 Å². The highest BCUT2D eigenvalue weighted by molar-refractivity contribution is 7.89. The van der Waals surface area contributed by atoms with E-state index in [1.54, 1.807) is 29.2 Å². The van der Waals surface area contributed by atoms with Crippen LogP contribution in [0.25, 0.3) is 11.4 Å². The number of amides is 1. The highest BCUT2D eigenvalue weighted by Gasteiger charge is 2.30. The minimum absolute atomic E-state index is 0.0858. The van der Waals surface area contributed by atoms with Crippen LogP contribution in [0.3, 0.4) is 0 Å². The number of carbonyl (C=O) groups is 1. The third-order valence-corrected chi connectivity index (χ3v) is 7.26. The standard InChI is InChI=1S/C19H18Cl2N6O3S/c20-15-4-6-17(7-5-15)31(29,30)26-10-8-25(9-11-26)18(28)13-27-23-19(22-24-27)14-2-1-3-16(21)12-14/h1-7,12H,8-11,13H2. The molecule has 0 N–H and O–H groups in total. The first kappa shape index (κ1) is 21.7. The van der Waals surface area contributed by atoms with E-state index < -0.39 is 10.0 Å². The number of nitrogens with zero attached hydrogens (tertiary/aromatic N) is 6. The number of hydrogen-bond donors (Lipinski definition) is 0. The highest BCUT2D eigenvalue weighted by atomic mass is 35.5. The summed E-state index contributed by atoms with van der Waals surface area (Å²) in [5, 5.41) is 13.1. The van der Waals surface area contributed by atoms with Crippen molar-refractivity contribution < 1.29 is 13.2 Å². The fourth-order valence-electron chi connectivity index (χ4n) is 3.21. The summed E-state index contributed by atoms with van der Waals surface area (Å²) in [6.07, 6.45) is 0. The average Bonchev–Trinajstić information content (AvgIpc) is 3.23. The number of halogens is 2. The van der Waals surface area contributed by atoms with E-state index in [0.29, 0.717) is 21.4 Å². The Morgan fingerprint density at radius 1 is 0.968 bits per heavy atom. The molecule has 1 aromatic heterocycles. The Morgan fingerprint density at radius 2 is 1.68 bits per heavy atom. The van der Waals surface area contributed by atoms with Crippen LogP contribution in [0.15, 0.2) is 53.4 Å². The molecule has 0 atom stereocenters. The van der Waals surface area contributed by atoms with Crippen LogP contribution in [-0.2, 0) is 21.4 Å². The molecule has 0 bridgehead atoms. The molecular formula is C19H18Cl2N6O3S. The predicted molar refractivity (Wildman–Crippen MR) is 115 cm³/mol. The summed E-state index contributed by atoms with van der Waals surface area (Å²) < 4.78 is 26.9. The Hall–Kier alpha value is -2.53. The van der Waals surface area contributed by atoms with Gasteiger partial charge in [-0.3, -0.25) is 4.79 Å². The van der Waals surface area contributed by atoms with Gasteiger partial charge in [0.25, 0.3) is 0 Å². The number of rotatable bonds is 5. The molecule has 2 aromatic carbocycles. The van der Waals surface area contributed by atoms with Crippen molar-refractivity contribution in [3.05, 3.63) is 58.6 Å². The topological polar surface area (TPSA) is 101 Å². The van der Waals surface area contributed by atoms with Crippen molar-refractivity contribution in [2.45, 2.75) is 11.4 Å². The zero-order chi connectivity index (χ0) is 22.0. The summed E-state index contributed by atoms with van der Waals surface area (Å²) in [7, 11) is -3.63. The fraction of sp³-hybridized carbons (Fsp3) is 0.263. The first-order valence-corrected chi connectivity index (χ1v) is 11.6. The van der Waals surface area contributed by atoms with E-state index in [0.717, 1.165) is 0 Å². The third-order valence-electron chi connectivity index (χ3n) is 4.86. The number of aromatic nitrogens is 4. The smallest absolute Gasteiger partial charge is 0.246 e. The van der Waals surface area contributed by atoms with Gasteiger partial charge in [-0.05, 0) is 41.6 Å². The van der Waals surface area contributed by atoms with E-state index >= 15 is 0 Å². The molecule has 4 rings (SSSR count). The number of sulfonamides is 1. The fourth-order valence-corrected chi connectivity index (χ4v) is 4.95. The maximum atomic E-state index is 12.8. The number of benzene rings is 2. The van der Waals surface area contributed by atoms with Crippen LogP contribution in [0, 0.1) is 0 Å². The third kappa shape index (κ3) is 4.87. The Kier molecular flexibility index (Phi) is 6.24. The molecule has 0 aliphatic carbocycles. The Labute approximate surface area is 189 Å². The van der Waals surface area contributed by atoms with Gasteiger partial charge in [-0.25, -0.2) is 8.42 Å². The van der Waals surface area contributed by atoms with Crippen LogP contribution < -0.4 is 0 Å². The largest absolute Gasteiger partial charge is 0.338 e. The van der Waals surface area contributed by atoms with Crippen LogP contribution >= 0.6 is 23.2 Å². The van der Waals surface area contributed by atoms with Gasteiger partial charge in [-0.1, -0.05) is 35.3 Å². The van der Waals surface area contributed by atoms with E-state index in [-0.39, 0.29) is 43.5 Å². The molecule has 9 nitrogen and oxygen atoms in total. The molecule has 1 aliphatic rings. The monoisotopic (exact) mass is 480 g/mol. The SMILES string of the molecule is O=C(Cn1nnc(-c2cccc(Cl)c2)n1)N1CCN(S(=O)(=O)c2ccc(Cl)cc2)CC1. The molecule has 31 heavy (non-hydrogen) atoms. The summed E-state index contributed by atoms with van der Waals surface area (Å²) in [4.78, 5) is 15.6. The second-order valence-corrected chi connectivity index (χ2v) is 9.70. The lowest BCUT2D eigenvalue weighted by atomic mass is 10.2. The minimum Gasteiger partial charge on any atom is -0.338 e. The highest BCUT2D eigenvalue weighted by Crippen LogP contribution is 2.20. The first-order valence-electron chi connectivity index (χ1n) is 9.40. The van der Waals surface area contributed by atoms with Crippen LogP contribution in [-0.4, -0.2) is 69.9 Å². The van der Waals surface area contributed by atoms with Crippen molar-refractivity contribution >= 4 is 39.1 Å². The van der Waals surface area contributed by atoms with Crippen molar-refractivity contribution in [3.63, 3.8) is 0 Å². The molecule has 0 radical (unpaired) electrons. The lowest BCUT2D eigenvalue weighted by Gasteiger charge is -2.33. The van der Waals surface area contributed by atoms with Gasteiger partial charge in [0.15, 0.2) is 0 Å². The summed E-state index contributed by atoms with van der Waals surface area (Å²) in [6.45, 7) is 0.880. The van der Waals surface area contributed by atoms with Gasteiger partial charge in [0.05, 0.1) is 4.90 Å². The zero-order valence-corrected chi connectivity index (χ0v) is 18.6. The van der Waals surface area contributed by atoms with Crippen LogP contribution in [0.4, 0.5) is 0 Å². The molecular weight excluding hydrogens is 463 g/mol. The van der Waals surface area contributed by atoms with Crippen LogP contribution in [0.1, 0.15) is 0 Å². The Morgan fingerprint density at radius 3 is 2.35 bits per heavy atom. The molecule has 0 spiro atoms. The average molecular weight is 481 g/mol. The quantitative estimate of drug-likeness (QED) is 0.554. The molecule has 3 aromatic rings. The maximum absolute atomic E-state index is 12.8. The van der Waals surface area contributed by atoms with Gasteiger partial charge in [-0.15, -0.1) is 10.2 Å². The Balaban J connectivity index is 1.36. The lowest BCUT2D eigenvalue weighted by molar-refractivity contribution is -0.133. The summed E-state index contributed by atoms with van der Waals surface area (Å²) in [5.74, 6) is 0.160. The molecule has 1 aliphatic heterocycles. The molecule has 0 unspecified atom stereocenters. The number of tetrazole rings is 1. The molecule has 1 saturated heterocycles. The van der Waals surface area contributed by atoms with Crippen molar-refractivity contribution in [2.75, 3.05) is 26.2 Å². The summed E-state index contributed by atoms with van der Waals surface area (Å²) >= 11 is 11.8. The van der Waals surface area contributed by atoms with Crippen molar-refractivity contribution in [1.29, 1.82) is 0 Å². The first-order chi connectivity index (χ1) is 14.8. The molecule has 162 valence electrons. The predicted octanol–water partition coefficient (Wildman–Crippen LogP) is 2.18. The number of piperazine rings is 1. The van der Waals surface area contributed by atoms with Crippen LogP contribution in [0.5, 0.6) is 0 Å². The van der Waals surface area contributed by atoms with E-state index in [4.69, 9.17) is 23.2 Å². The summed E-state index contributed by atoms with van der Waals surface area (Å²) in [5.41, 5.74) is 0.701. The van der Waals surface area contributed by atoms with Crippen LogP contribution in [0.2, 0.25) is 10.0 Å². The summed E-state index contributed by atoms with van der Waals surface area (Å²) in [6, 6.07) is 13.1. The maximum Gasteiger partial charge on any atom is 0.246 e. The zero-order valence-electron chi connectivity index (χ0n) is 16.2. The van der Waals surface area contributed by atoms with E-state index in [2.05, 4.69) is 15.4 Å². The number of hydrogen-bond acceptors (Lipinski definition) is 6. The Bertz CT molecular complexity index is 1190. The minimum atomic E-state index is -3.63. The van der Waals surface area contributed by atoms with Crippen molar-refractivity contribution in [3.8, 4) is 11.4 Å². The van der Waals surface area contributed by atoms with Gasteiger partial charge < -0.3 is 4.90 Å². The van der Waals surface area contributed by atoms with Gasteiger partial charge in [0.2, 0.25) is 21.8 Å². The van der Waals surface area contributed by atoms with Crippen molar-refractivity contribution in [2.24, 2.45) is 0 Å². The van der Waals surface area contributed by atoms with Gasteiger partial charge in [0, 0.05) is 41.8 Å². The van der Waals surface area contributed by atoms with Gasteiger partial charge in [0.1, 0.15) is 6.54 Å². The molecule has 2 heterocycles. The molecule has 0 saturated carbocycles. The normalized spacial score (nSPS) is 15.2. The lowest BCUT2D eigenvalue weighted by Crippen LogP contribution is -2.51. The second-order valence-electron chi connectivity index (χ2n) is 6.89. The molecule has 1 amide bonds. The van der Waals surface area contributed by atoms with Gasteiger partial charge >= 0.3 is 0 Å². The second kappa shape index (κ2) is 8.91. The van der Waals surface area contributed by atoms with E-state index in [1.165, 1.54) is 33.4 Å². The molecule has 1 fully saturated rings. The number of carbonyl (C=O) groups excluding carboxylic acids is 1. The van der Waals surface area contributed by atoms with Crippen molar-refractivity contribution in [1.82, 2.24) is 29.4 Å². The van der Waals surface area contributed by atoms with E-state index in [9.17, 15) is 13.2 Å². The van der Waals surface area contributed by atoms with E-state index in [1.807, 2.05) is 0 Å².